The van der Waals surface area contributed by atoms with Crippen LogP contribution in [0.15, 0.2) is 24.4 Å². The van der Waals surface area contributed by atoms with Crippen LogP contribution in [-0.4, -0.2) is 36.6 Å². The third kappa shape index (κ3) is 3.50. The van der Waals surface area contributed by atoms with Gasteiger partial charge in [0.15, 0.2) is 0 Å². The summed E-state index contributed by atoms with van der Waals surface area (Å²) in [4.78, 5) is 27.3. The van der Waals surface area contributed by atoms with E-state index in [-0.39, 0.29) is 17.9 Å². The Bertz CT molecular complexity index is 821. The lowest BCUT2D eigenvalue weighted by Gasteiger charge is -2.13. The van der Waals surface area contributed by atoms with Gasteiger partial charge >= 0.3 is 0 Å². The smallest absolute Gasteiger partial charge is 0.252 e. The van der Waals surface area contributed by atoms with Gasteiger partial charge in [-0.05, 0) is 30.0 Å². The normalized spacial score (nSPS) is 19.7. The molecule has 1 aliphatic heterocycles. The number of rotatable bonds is 6. The Balaban J connectivity index is 1.77. The molecule has 2 aromatic rings. The quantitative estimate of drug-likeness (QED) is 0.830. The molecule has 0 saturated carbocycles. The number of pyridine rings is 1. The number of ether oxygens (including phenoxy) is 2. The van der Waals surface area contributed by atoms with Crippen molar-refractivity contribution in [2.75, 3.05) is 13.7 Å². The molecule has 0 bridgehead atoms. The van der Waals surface area contributed by atoms with Crippen LogP contribution in [0.4, 0.5) is 0 Å². The molecular formula is C18H21N3O4. The first kappa shape index (κ1) is 17.0. The van der Waals surface area contributed by atoms with Crippen molar-refractivity contribution in [3.8, 4) is 11.6 Å². The predicted octanol–water partition coefficient (Wildman–Crippen LogP) is 1.64. The first-order valence-corrected chi connectivity index (χ1v) is 8.19. The van der Waals surface area contributed by atoms with Crippen molar-refractivity contribution in [1.82, 2.24) is 10.3 Å². The first-order valence-electron chi connectivity index (χ1n) is 8.19. The Hall–Kier alpha value is -2.83. The highest BCUT2D eigenvalue weighted by Gasteiger charge is 2.27. The second-order valence-corrected chi connectivity index (χ2v) is 6.23. The molecule has 1 aromatic carbocycles. The summed E-state index contributed by atoms with van der Waals surface area (Å²) in [7, 11) is 1.48. The van der Waals surface area contributed by atoms with Gasteiger partial charge in [0, 0.05) is 30.0 Å². The van der Waals surface area contributed by atoms with Crippen molar-refractivity contribution in [2.45, 2.75) is 25.8 Å². The zero-order valence-electron chi connectivity index (χ0n) is 14.2. The van der Waals surface area contributed by atoms with E-state index in [0.29, 0.717) is 30.2 Å². The fourth-order valence-corrected chi connectivity index (χ4v) is 3.07. The van der Waals surface area contributed by atoms with E-state index in [0.717, 1.165) is 17.2 Å². The van der Waals surface area contributed by atoms with Gasteiger partial charge in [0.1, 0.15) is 5.75 Å². The average Bonchev–Trinajstić information content (AvgIpc) is 2.91. The second-order valence-electron chi connectivity index (χ2n) is 6.23. The summed E-state index contributed by atoms with van der Waals surface area (Å²) in [6.45, 7) is 2.36. The van der Waals surface area contributed by atoms with Crippen molar-refractivity contribution < 1.29 is 19.1 Å². The highest BCUT2D eigenvalue weighted by molar-refractivity contribution is 6.01. The van der Waals surface area contributed by atoms with Gasteiger partial charge in [-0.3, -0.25) is 9.59 Å². The van der Waals surface area contributed by atoms with E-state index in [1.165, 1.54) is 7.11 Å². The van der Waals surface area contributed by atoms with Gasteiger partial charge in [-0.25, -0.2) is 4.98 Å². The zero-order valence-corrected chi connectivity index (χ0v) is 14.2. The van der Waals surface area contributed by atoms with Gasteiger partial charge in [0.2, 0.25) is 11.8 Å². The summed E-state index contributed by atoms with van der Waals surface area (Å²) in [5.41, 5.74) is 5.71. The number of nitrogens with zero attached hydrogens (tertiary/aromatic N) is 1. The van der Waals surface area contributed by atoms with Crippen LogP contribution in [0, 0.1) is 5.92 Å². The van der Waals surface area contributed by atoms with Crippen molar-refractivity contribution >= 4 is 22.6 Å². The van der Waals surface area contributed by atoms with Crippen molar-refractivity contribution in [3.63, 3.8) is 0 Å². The molecule has 1 aliphatic rings. The van der Waals surface area contributed by atoms with E-state index >= 15 is 0 Å². The number of amides is 2. The highest BCUT2D eigenvalue weighted by Crippen LogP contribution is 2.30. The molecule has 7 nitrogen and oxygen atoms in total. The largest absolute Gasteiger partial charge is 0.496 e. The van der Waals surface area contributed by atoms with Crippen LogP contribution >= 0.6 is 0 Å². The summed E-state index contributed by atoms with van der Waals surface area (Å²) in [6, 6.07) is 5.29. The summed E-state index contributed by atoms with van der Waals surface area (Å²) in [5, 5.41) is 4.49. The molecular weight excluding hydrogens is 322 g/mol. The molecule has 0 aliphatic carbocycles. The topological polar surface area (TPSA) is 104 Å². The Labute approximate surface area is 145 Å². The molecule has 1 saturated heterocycles. The minimum absolute atomic E-state index is 0.0529. The molecule has 25 heavy (non-hydrogen) atoms. The third-order valence-corrected chi connectivity index (χ3v) is 4.45. The number of primary amides is 1. The van der Waals surface area contributed by atoms with Crippen LogP contribution in [0.1, 0.15) is 30.1 Å². The number of hydrogen-bond donors (Lipinski definition) is 2. The van der Waals surface area contributed by atoms with Gasteiger partial charge in [-0.1, -0.05) is 6.92 Å². The summed E-state index contributed by atoms with van der Waals surface area (Å²) in [5.74, 6) is 0.442. The second kappa shape index (κ2) is 6.96. The van der Waals surface area contributed by atoms with E-state index in [9.17, 15) is 9.59 Å². The predicted molar refractivity (Wildman–Crippen MR) is 92.6 cm³/mol. The lowest BCUT2D eigenvalue weighted by molar-refractivity contribution is -0.122. The molecule has 3 N–H and O–H groups in total. The average molecular weight is 343 g/mol. The van der Waals surface area contributed by atoms with Crippen LogP contribution in [0.25, 0.3) is 10.8 Å². The van der Waals surface area contributed by atoms with E-state index in [4.69, 9.17) is 15.2 Å². The molecule has 2 atom stereocenters. The van der Waals surface area contributed by atoms with Crippen LogP contribution < -0.4 is 20.5 Å². The monoisotopic (exact) mass is 343 g/mol. The van der Waals surface area contributed by atoms with Crippen LogP contribution in [0.5, 0.6) is 11.6 Å². The Morgan fingerprint density at radius 3 is 2.88 bits per heavy atom. The lowest BCUT2D eigenvalue weighted by Crippen LogP contribution is -2.27. The molecule has 0 radical (unpaired) electrons. The Morgan fingerprint density at radius 2 is 2.24 bits per heavy atom. The number of carbonyl (C=O) groups excluding carboxylic acids is 2. The summed E-state index contributed by atoms with van der Waals surface area (Å²) in [6.07, 6.45) is 3.15. The Kier molecular flexibility index (Phi) is 4.74. The van der Waals surface area contributed by atoms with Crippen LogP contribution in [0.3, 0.4) is 0 Å². The minimum Gasteiger partial charge on any atom is -0.496 e. The van der Waals surface area contributed by atoms with E-state index in [1.807, 2.05) is 6.92 Å². The van der Waals surface area contributed by atoms with Gasteiger partial charge in [-0.15, -0.1) is 0 Å². The fraction of sp³-hybridized carbons (Fsp3) is 0.389. The number of nitrogens with two attached hydrogens (primary N) is 1. The molecule has 3 rings (SSSR count). The van der Waals surface area contributed by atoms with E-state index in [1.54, 1.807) is 24.4 Å². The van der Waals surface area contributed by atoms with Gasteiger partial charge in [-0.2, -0.15) is 0 Å². The van der Waals surface area contributed by atoms with Gasteiger partial charge in [0.25, 0.3) is 5.91 Å². The van der Waals surface area contributed by atoms with Crippen LogP contribution in [0.2, 0.25) is 0 Å². The number of fused-ring (bicyclic) bond motifs is 1. The number of hydrogen-bond acceptors (Lipinski definition) is 5. The third-order valence-electron chi connectivity index (χ3n) is 4.45. The fourth-order valence-electron chi connectivity index (χ4n) is 3.07. The molecule has 2 heterocycles. The van der Waals surface area contributed by atoms with E-state index in [2.05, 4.69) is 10.3 Å². The number of methoxy groups -OCH3 is 1. The molecule has 7 heteroatoms. The maximum absolute atomic E-state index is 11.5. The molecule has 2 amide bonds. The molecule has 1 fully saturated rings. The number of nitrogens with one attached hydrogen (secondary N) is 1. The molecule has 0 spiro atoms. The van der Waals surface area contributed by atoms with Crippen molar-refractivity contribution in [2.24, 2.45) is 11.7 Å². The SMILES string of the molecule is COc1cc2c(OCC[C@@H]3CC(C)C(=O)N3)nccc2cc1C(N)=O. The number of carbonyl (C=O) groups is 2. The van der Waals surface area contributed by atoms with Crippen molar-refractivity contribution in [3.05, 3.63) is 30.0 Å². The minimum atomic E-state index is -0.552. The maximum Gasteiger partial charge on any atom is 0.252 e. The maximum atomic E-state index is 11.5. The summed E-state index contributed by atoms with van der Waals surface area (Å²) < 4.78 is 11.1. The molecule has 1 unspecified atom stereocenters. The molecule has 1 aromatic heterocycles. The standard InChI is InChI=1S/C18H21N3O4/c1-10-7-12(21-17(10)23)4-6-25-18-13-9-15(24-2)14(16(19)22)8-11(13)3-5-20-18/h3,5,8-10,12H,4,6-7H2,1-2H3,(H2,19,22)(H,21,23)/t10?,12-/m1/s1. The van der Waals surface area contributed by atoms with Crippen molar-refractivity contribution in [1.29, 1.82) is 0 Å². The lowest BCUT2D eigenvalue weighted by atomic mass is 10.1. The molecule has 132 valence electrons. The first-order chi connectivity index (χ1) is 12.0. The highest BCUT2D eigenvalue weighted by atomic mass is 16.5. The van der Waals surface area contributed by atoms with E-state index < -0.39 is 5.91 Å². The summed E-state index contributed by atoms with van der Waals surface area (Å²) >= 11 is 0. The van der Waals surface area contributed by atoms with Crippen LogP contribution in [-0.2, 0) is 4.79 Å². The Morgan fingerprint density at radius 1 is 1.44 bits per heavy atom. The number of aromatic nitrogens is 1. The van der Waals surface area contributed by atoms with Gasteiger partial charge in [0.05, 0.1) is 19.3 Å². The zero-order chi connectivity index (χ0) is 18.0. The number of benzene rings is 1. The van der Waals surface area contributed by atoms with Gasteiger partial charge < -0.3 is 20.5 Å².